The van der Waals surface area contributed by atoms with Crippen LogP contribution in [-0.2, 0) is 6.42 Å². The van der Waals surface area contributed by atoms with E-state index in [1.165, 1.54) is 0 Å². The lowest BCUT2D eigenvalue weighted by Gasteiger charge is -2.08. The predicted octanol–water partition coefficient (Wildman–Crippen LogP) is 3.35. The molecule has 0 spiro atoms. The van der Waals surface area contributed by atoms with Crippen LogP contribution >= 0.6 is 0 Å². The molecule has 0 aliphatic rings. The molecule has 3 aromatic heterocycles. The van der Waals surface area contributed by atoms with Gasteiger partial charge in [0.2, 0.25) is 0 Å². The molecular formula is C17H22N6. The summed E-state index contributed by atoms with van der Waals surface area (Å²) in [5.74, 6) is 2.24. The van der Waals surface area contributed by atoms with Crippen LogP contribution in [0.4, 0.5) is 5.82 Å². The molecule has 3 rings (SSSR count). The number of nitrogens with zero attached hydrogens (tertiary/aromatic N) is 5. The molecule has 1 N–H and O–H groups in total. The van der Waals surface area contributed by atoms with E-state index in [0.29, 0.717) is 11.6 Å². The van der Waals surface area contributed by atoms with Gasteiger partial charge in [-0.3, -0.25) is 4.98 Å². The predicted molar refractivity (Wildman–Crippen MR) is 91.4 cm³/mol. The summed E-state index contributed by atoms with van der Waals surface area (Å²) in [5, 5.41) is 8.06. The Balaban J connectivity index is 2.02. The molecule has 120 valence electrons. The van der Waals surface area contributed by atoms with E-state index >= 15 is 0 Å². The van der Waals surface area contributed by atoms with Crippen LogP contribution in [-0.4, -0.2) is 31.1 Å². The molecular weight excluding hydrogens is 288 g/mol. The third kappa shape index (κ3) is 3.47. The topological polar surface area (TPSA) is 68.0 Å². The molecule has 0 aliphatic carbocycles. The lowest BCUT2D eigenvalue weighted by Crippen LogP contribution is -2.09. The van der Waals surface area contributed by atoms with E-state index in [0.717, 1.165) is 49.3 Å². The molecule has 0 aliphatic heterocycles. The molecule has 23 heavy (non-hydrogen) atoms. The smallest absolute Gasteiger partial charge is 0.254 e. The minimum Gasteiger partial charge on any atom is -0.370 e. The average molecular weight is 310 g/mol. The molecule has 3 heterocycles. The highest BCUT2D eigenvalue weighted by molar-refractivity contribution is 5.57. The van der Waals surface area contributed by atoms with Gasteiger partial charge in [-0.2, -0.15) is 9.50 Å². The summed E-state index contributed by atoms with van der Waals surface area (Å²) < 4.78 is 1.79. The monoisotopic (exact) mass is 310 g/mol. The van der Waals surface area contributed by atoms with Gasteiger partial charge in [0.25, 0.3) is 5.78 Å². The van der Waals surface area contributed by atoms with E-state index in [4.69, 9.17) is 0 Å². The fourth-order valence-corrected chi connectivity index (χ4v) is 2.44. The van der Waals surface area contributed by atoms with Gasteiger partial charge in [0.15, 0.2) is 5.82 Å². The third-order valence-electron chi connectivity index (χ3n) is 3.63. The number of pyridine rings is 1. The standard InChI is InChI=1S/C17H22N6/c1-3-5-10-19-15-11-14(7-4-2)20-17-21-16(22-23(15)17)13-8-6-9-18-12-13/h6,8-9,11-12,19H,3-5,7,10H2,1-2H3. The second-order valence-corrected chi connectivity index (χ2v) is 5.55. The zero-order valence-electron chi connectivity index (χ0n) is 13.7. The van der Waals surface area contributed by atoms with Gasteiger partial charge in [-0.25, -0.2) is 4.98 Å². The summed E-state index contributed by atoms with van der Waals surface area (Å²) in [5.41, 5.74) is 1.94. The second-order valence-electron chi connectivity index (χ2n) is 5.55. The van der Waals surface area contributed by atoms with Crippen molar-refractivity contribution in [3.8, 4) is 11.4 Å². The molecule has 3 aromatic rings. The first-order chi connectivity index (χ1) is 11.3. The van der Waals surface area contributed by atoms with Crippen molar-refractivity contribution in [2.24, 2.45) is 0 Å². The second kappa shape index (κ2) is 7.17. The Morgan fingerprint density at radius 1 is 1.17 bits per heavy atom. The molecule has 0 radical (unpaired) electrons. The van der Waals surface area contributed by atoms with Gasteiger partial charge in [-0.05, 0) is 25.0 Å². The normalized spacial score (nSPS) is 11.0. The number of anilines is 1. The Hall–Kier alpha value is -2.50. The maximum Gasteiger partial charge on any atom is 0.254 e. The first-order valence-electron chi connectivity index (χ1n) is 8.22. The van der Waals surface area contributed by atoms with Gasteiger partial charge in [0.05, 0.1) is 0 Å². The number of unbranched alkanes of at least 4 members (excludes halogenated alkanes) is 1. The van der Waals surface area contributed by atoms with Crippen molar-refractivity contribution < 1.29 is 0 Å². The number of nitrogens with one attached hydrogen (secondary N) is 1. The molecule has 0 saturated carbocycles. The van der Waals surface area contributed by atoms with Crippen molar-refractivity contribution in [1.29, 1.82) is 0 Å². The number of hydrogen-bond donors (Lipinski definition) is 1. The van der Waals surface area contributed by atoms with E-state index in [9.17, 15) is 0 Å². The summed E-state index contributed by atoms with van der Waals surface area (Å²) in [4.78, 5) is 13.3. The van der Waals surface area contributed by atoms with Gasteiger partial charge < -0.3 is 5.32 Å². The summed E-state index contributed by atoms with van der Waals surface area (Å²) in [6.45, 7) is 5.26. The minimum absolute atomic E-state index is 0.633. The SMILES string of the molecule is CCCCNc1cc(CCC)nc2nc(-c3cccnc3)nn12. The van der Waals surface area contributed by atoms with Gasteiger partial charge in [-0.1, -0.05) is 26.7 Å². The average Bonchev–Trinajstić information content (AvgIpc) is 3.00. The highest BCUT2D eigenvalue weighted by Gasteiger charge is 2.12. The maximum atomic E-state index is 4.63. The Labute approximate surface area is 136 Å². The number of fused-ring (bicyclic) bond motifs is 1. The van der Waals surface area contributed by atoms with Crippen LogP contribution in [0.2, 0.25) is 0 Å². The lowest BCUT2D eigenvalue weighted by molar-refractivity contribution is 0.813. The fraction of sp³-hybridized carbons (Fsp3) is 0.412. The van der Waals surface area contributed by atoms with Crippen molar-refractivity contribution in [2.45, 2.75) is 39.5 Å². The lowest BCUT2D eigenvalue weighted by atomic mass is 10.2. The van der Waals surface area contributed by atoms with Crippen molar-refractivity contribution in [2.75, 3.05) is 11.9 Å². The van der Waals surface area contributed by atoms with Gasteiger partial charge >= 0.3 is 0 Å². The van der Waals surface area contributed by atoms with Crippen molar-refractivity contribution in [1.82, 2.24) is 24.6 Å². The molecule has 0 bridgehead atoms. The summed E-state index contributed by atoms with van der Waals surface area (Å²) >= 11 is 0. The molecule has 6 heteroatoms. The van der Waals surface area contributed by atoms with E-state index in [2.05, 4.69) is 45.3 Å². The summed E-state index contributed by atoms with van der Waals surface area (Å²) in [7, 11) is 0. The number of aryl methyl sites for hydroxylation is 1. The molecule has 0 aromatic carbocycles. The van der Waals surface area contributed by atoms with Crippen LogP contribution in [0.25, 0.3) is 17.2 Å². The number of hydrogen-bond acceptors (Lipinski definition) is 5. The molecule has 0 atom stereocenters. The van der Waals surface area contributed by atoms with Gasteiger partial charge in [-0.15, -0.1) is 5.10 Å². The van der Waals surface area contributed by atoms with E-state index in [-0.39, 0.29) is 0 Å². The Morgan fingerprint density at radius 2 is 2.09 bits per heavy atom. The minimum atomic E-state index is 0.633. The van der Waals surface area contributed by atoms with Crippen LogP contribution in [0.1, 0.15) is 38.8 Å². The van der Waals surface area contributed by atoms with E-state index < -0.39 is 0 Å². The molecule has 0 unspecified atom stereocenters. The molecule has 0 saturated heterocycles. The first-order valence-corrected chi connectivity index (χ1v) is 8.22. The highest BCUT2D eigenvalue weighted by atomic mass is 15.4. The highest BCUT2D eigenvalue weighted by Crippen LogP contribution is 2.18. The van der Waals surface area contributed by atoms with Gasteiger partial charge in [0, 0.05) is 36.3 Å². The van der Waals surface area contributed by atoms with E-state index in [1.807, 2.05) is 12.1 Å². The maximum absolute atomic E-state index is 4.63. The summed E-state index contributed by atoms with van der Waals surface area (Å²) in [6, 6.07) is 5.92. The number of rotatable bonds is 7. The Morgan fingerprint density at radius 3 is 2.83 bits per heavy atom. The summed E-state index contributed by atoms with van der Waals surface area (Å²) in [6.07, 6.45) is 7.79. The van der Waals surface area contributed by atoms with Crippen LogP contribution in [0, 0.1) is 0 Å². The molecule has 6 nitrogen and oxygen atoms in total. The van der Waals surface area contributed by atoms with Crippen LogP contribution in [0.15, 0.2) is 30.6 Å². The van der Waals surface area contributed by atoms with Crippen molar-refractivity contribution in [3.05, 3.63) is 36.3 Å². The third-order valence-corrected chi connectivity index (χ3v) is 3.63. The Kier molecular flexibility index (Phi) is 4.80. The van der Waals surface area contributed by atoms with Crippen LogP contribution in [0.5, 0.6) is 0 Å². The zero-order chi connectivity index (χ0) is 16.1. The molecule has 0 fully saturated rings. The quantitative estimate of drug-likeness (QED) is 0.678. The fourth-order valence-electron chi connectivity index (χ4n) is 2.44. The van der Waals surface area contributed by atoms with Gasteiger partial charge in [0.1, 0.15) is 5.82 Å². The van der Waals surface area contributed by atoms with Crippen LogP contribution < -0.4 is 5.32 Å². The van der Waals surface area contributed by atoms with Crippen molar-refractivity contribution in [3.63, 3.8) is 0 Å². The zero-order valence-corrected chi connectivity index (χ0v) is 13.7. The van der Waals surface area contributed by atoms with E-state index in [1.54, 1.807) is 16.9 Å². The number of aromatic nitrogens is 5. The van der Waals surface area contributed by atoms with Crippen LogP contribution in [0.3, 0.4) is 0 Å². The largest absolute Gasteiger partial charge is 0.370 e. The molecule has 0 amide bonds. The Bertz CT molecular complexity index is 765. The first kappa shape index (κ1) is 15.4. The van der Waals surface area contributed by atoms with Crippen molar-refractivity contribution >= 4 is 11.6 Å².